The average Bonchev–Trinajstić information content (AvgIpc) is 2.87. The third kappa shape index (κ3) is 10.2. The Morgan fingerprint density at radius 2 is 1.18 bits per heavy atom. The van der Waals surface area contributed by atoms with Gasteiger partial charge in [0.25, 0.3) is 5.91 Å². The first-order chi connectivity index (χ1) is 18.2. The summed E-state index contributed by atoms with van der Waals surface area (Å²) in [5.41, 5.74) is 6.28. The zero-order valence-corrected chi connectivity index (χ0v) is 24.7. The van der Waals surface area contributed by atoms with E-state index in [1.165, 1.54) is 12.8 Å². The number of rotatable bonds is 17. The Hall–Kier alpha value is -2.70. The van der Waals surface area contributed by atoms with Crippen LogP contribution in [0.4, 0.5) is 11.4 Å². The third-order valence-electron chi connectivity index (χ3n) is 7.61. The largest absolute Gasteiger partial charge is 0.324 e. The number of hydrogen-bond donors (Lipinski definition) is 3. The van der Waals surface area contributed by atoms with Gasteiger partial charge in [-0.1, -0.05) is 56.2 Å². The highest BCUT2D eigenvalue weighted by Crippen LogP contribution is 2.21. The van der Waals surface area contributed by atoms with Crippen molar-refractivity contribution in [2.75, 3.05) is 49.9 Å². The van der Waals surface area contributed by atoms with Crippen LogP contribution in [0.5, 0.6) is 0 Å². The monoisotopic (exact) mass is 523 g/mol. The van der Waals surface area contributed by atoms with E-state index in [9.17, 15) is 9.59 Å². The molecule has 6 nitrogen and oxygen atoms in total. The second kappa shape index (κ2) is 16.3. The fraction of sp³-hybridized carbons (Fsp3) is 0.562. The van der Waals surface area contributed by atoms with E-state index in [0.717, 1.165) is 90.0 Å². The Labute approximate surface area is 231 Å². The molecule has 0 saturated heterocycles. The minimum absolute atomic E-state index is 0.00798. The van der Waals surface area contributed by atoms with Crippen LogP contribution in [-0.2, 0) is 9.59 Å². The van der Waals surface area contributed by atoms with Gasteiger partial charge in [-0.3, -0.25) is 9.59 Å². The van der Waals surface area contributed by atoms with E-state index in [1.54, 1.807) is 0 Å². The van der Waals surface area contributed by atoms with E-state index >= 15 is 0 Å². The molecule has 210 valence electrons. The third-order valence-corrected chi connectivity index (χ3v) is 7.61. The van der Waals surface area contributed by atoms with Gasteiger partial charge in [0.15, 0.2) is 6.54 Å². The van der Waals surface area contributed by atoms with Crippen molar-refractivity contribution in [1.82, 2.24) is 5.32 Å². The van der Waals surface area contributed by atoms with Crippen LogP contribution < -0.4 is 16.0 Å². The maximum absolute atomic E-state index is 13.0. The number of carbonyl (C=O) groups is 2. The lowest BCUT2D eigenvalue weighted by Gasteiger charge is -2.37. The van der Waals surface area contributed by atoms with Gasteiger partial charge in [0, 0.05) is 11.4 Å². The molecule has 6 heteroatoms. The van der Waals surface area contributed by atoms with Crippen LogP contribution in [0.2, 0.25) is 0 Å². The topological polar surface area (TPSA) is 70.2 Å². The van der Waals surface area contributed by atoms with Crippen molar-refractivity contribution in [3.05, 3.63) is 58.7 Å². The van der Waals surface area contributed by atoms with Gasteiger partial charge in [-0.25, -0.2) is 0 Å². The molecule has 0 bridgehead atoms. The SMILES string of the molecule is CCC[N+](CC)(CCCCCCCNCC(=O)Nc1c(C)cccc1C)CC(=O)Nc1c(C)cccc1C. The van der Waals surface area contributed by atoms with Gasteiger partial charge in [-0.05, 0) is 89.1 Å². The van der Waals surface area contributed by atoms with Gasteiger partial charge in [-0.15, -0.1) is 0 Å². The second-order valence-corrected chi connectivity index (χ2v) is 10.8. The van der Waals surface area contributed by atoms with Crippen LogP contribution in [-0.4, -0.2) is 55.6 Å². The van der Waals surface area contributed by atoms with Crippen molar-refractivity contribution in [1.29, 1.82) is 0 Å². The Balaban J connectivity index is 1.67. The number of para-hydroxylation sites is 2. The molecule has 0 radical (unpaired) electrons. The number of benzene rings is 2. The van der Waals surface area contributed by atoms with E-state index in [4.69, 9.17) is 0 Å². The van der Waals surface area contributed by atoms with Crippen molar-refractivity contribution in [3.63, 3.8) is 0 Å². The number of nitrogens with one attached hydrogen (secondary N) is 3. The highest BCUT2D eigenvalue weighted by atomic mass is 16.2. The molecule has 2 rings (SSSR count). The Morgan fingerprint density at radius 1 is 0.684 bits per heavy atom. The maximum atomic E-state index is 13.0. The summed E-state index contributed by atoms with van der Waals surface area (Å²) in [4.78, 5) is 25.3. The number of likely N-dealkylation sites (N-methyl/N-ethyl adjacent to an activating group) is 1. The number of hydrogen-bond acceptors (Lipinski definition) is 3. The average molecular weight is 524 g/mol. The molecule has 0 spiro atoms. The molecule has 38 heavy (non-hydrogen) atoms. The number of amides is 2. The molecule has 0 saturated carbocycles. The lowest BCUT2D eigenvalue weighted by molar-refractivity contribution is -0.919. The molecule has 0 fully saturated rings. The molecule has 2 aromatic rings. The van der Waals surface area contributed by atoms with Crippen LogP contribution >= 0.6 is 0 Å². The van der Waals surface area contributed by atoms with E-state index < -0.39 is 0 Å². The van der Waals surface area contributed by atoms with Crippen molar-refractivity contribution in [2.24, 2.45) is 0 Å². The number of carbonyl (C=O) groups excluding carboxylic acids is 2. The van der Waals surface area contributed by atoms with Crippen LogP contribution in [0.15, 0.2) is 36.4 Å². The standard InChI is InChI=1S/C32H50N4O2/c1-7-21-36(8-2,24-30(38)35-32-27(5)18-15-19-28(32)6)22-13-11-9-10-12-20-33-23-29(37)34-31-25(3)16-14-17-26(31)4/h14-19,33H,7-13,20-24H2,1-6H3,(H-,34,35,37,38)/p+1. The molecule has 1 atom stereocenters. The van der Waals surface area contributed by atoms with Crippen LogP contribution in [0.1, 0.15) is 74.6 Å². The van der Waals surface area contributed by atoms with Crippen LogP contribution in [0.3, 0.4) is 0 Å². The predicted molar refractivity (Wildman–Crippen MR) is 161 cm³/mol. The molecule has 0 aromatic heterocycles. The lowest BCUT2D eigenvalue weighted by Crippen LogP contribution is -2.53. The zero-order valence-electron chi connectivity index (χ0n) is 24.7. The smallest absolute Gasteiger partial charge is 0.279 e. The minimum Gasteiger partial charge on any atom is -0.324 e. The van der Waals surface area contributed by atoms with Gasteiger partial charge in [0.2, 0.25) is 5.91 Å². The summed E-state index contributed by atoms with van der Waals surface area (Å²) in [6.07, 6.45) is 6.79. The van der Waals surface area contributed by atoms with E-state index in [2.05, 4.69) is 29.8 Å². The van der Waals surface area contributed by atoms with Crippen LogP contribution in [0, 0.1) is 27.7 Å². The molecule has 0 aliphatic rings. The highest BCUT2D eigenvalue weighted by molar-refractivity contribution is 5.94. The van der Waals surface area contributed by atoms with Gasteiger partial charge in [0.05, 0.1) is 26.2 Å². The summed E-state index contributed by atoms with van der Waals surface area (Å²) in [6.45, 7) is 17.3. The number of quaternary nitrogens is 1. The first-order valence-electron chi connectivity index (χ1n) is 14.5. The summed E-state index contributed by atoms with van der Waals surface area (Å²) in [5.74, 6) is 0.124. The van der Waals surface area contributed by atoms with E-state index in [0.29, 0.717) is 13.1 Å². The van der Waals surface area contributed by atoms with Gasteiger partial charge in [-0.2, -0.15) is 0 Å². The maximum Gasteiger partial charge on any atom is 0.279 e. The predicted octanol–water partition coefficient (Wildman–Crippen LogP) is 6.28. The van der Waals surface area contributed by atoms with Crippen LogP contribution in [0.25, 0.3) is 0 Å². The number of aryl methyl sites for hydroxylation is 4. The van der Waals surface area contributed by atoms with Gasteiger partial charge >= 0.3 is 0 Å². The summed E-state index contributed by atoms with van der Waals surface area (Å²) < 4.78 is 0.851. The number of unbranched alkanes of at least 4 members (excludes halogenated alkanes) is 4. The summed E-state index contributed by atoms with van der Waals surface area (Å²) in [5, 5.41) is 9.50. The fourth-order valence-corrected chi connectivity index (χ4v) is 5.29. The Morgan fingerprint density at radius 3 is 1.71 bits per heavy atom. The van der Waals surface area contributed by atoms with Gasteiger partial charge < -0.3 is 20.4 Å². The fourth-order valence-electron chi connectivity index (χ4n) is 5.29. The first kappa shape index (κ1) is 31.5. The van der Waals surface area contributed by atoms with Gasteiger partial charge in [0.1, 0.15) is 0 Å². The second-order valence-electron chi connectivity index (χ2n) is 10.8. The molecule has 3 N–H and O–H groups in total. The zero-order chi connectivity index (χ0) is 28.0. The van der Waals surface area contributed by atoms with Crippen molar-refractivity contribution in [3.8, 4) is 0 Å². The summed E-state index contributed by atoms with van der Waals surface area (Å²) >= 11 is 0. The molecular formula is C32H51N4O2+. The minimum atomic E-state index is 0.00798. The number of anilines is 2. The normalized spacial score (nSPS) is 12.7. The molecule has 0 aliphatic carbocycles. The Bertz CT molecular complexity index is 996. The highest BCUT2D eigenvalue weighted by Gasteiger charge is 2.28. The first-order valence-corrected chi connectivity index (χ1v) is 14.5. The summed E-state index contributed by atoms with van der Waals surface area (Å²) in [7, 11) is 0. The van der Waals surface area contributed by atoms with Crippen molar-refractivity contribution < 1.29 is 14.1 Å². The molecule has 0 heterocycles. The molecule has 1 unspecified atom stereocenters. The van der Waals surface area contributed by atoms with E-state index in [-0.39, 0.29) is 11.8 Å². The quantitative estimate of drug-likeness (QED) is 0.169. The molecule has 2 aromatic carbocycles. The molecular weight excluding hydrogens is 472 g/mol. The van der Waals surface area contributed by atoms with E-state index in [1.807, 2.05) is 64.1 Å². The number of nitrogens with zero attached hydrogens (tertiary/aromatic N) is 1. The Kier molecular flexibility index (Phi) is 13.5. The van der Waals surface area contributed by atoms with Crippen molar-refractivity contribution in [2.45, 2.75) is 80.1 Å². The van der Waals surface area contributed by atoms with Crippen molar-refractivity contribution >= 4 is 23.2 Å². The molecule has 2 amide bonds. The molecule has 0 aliphatic heterocycles. The summed E-state index contributed by atoms with van der Waals surface area (Å²) in [6, 6.07) is 12.2. The lowest BCUT2D eigenvalue weighted by atomic mass is 10.1.